The number of hydrogen-bond donors (Lipinski definition) is 1. The van der Waals surface area contributed by atoms with Crippen LogP contribution in [0, 0.1) is 13.8 Å². The molecule has 5 rings (SSSR count). The smallest absolute Gasteiger partial charge is 0.264 e. The van der Waals surface area contributed by atoms with Crippen molar-refractivity contribution in [2.24, 2.45) is 0 Å². The summed E-state index contributed by atoms with van der Waals surface area (Å²) in [5.74, 6) is -0.343. The SMILES string of the molecule is CC(=O)N1CCc2cc(NC(=O)Cn3cnc4c(cnn4-c4cc(C)cc(C)c4)c3=O)ccc21. The van der Waals surface area contributed by atoms with Crippen molar-refractivity contribution >= 4 is 34.2 Å². The number of fused-ring (bicyclic) bond motifs is 2. The van der Waals surface area contributed by atoms with Gasteiger partial charge in [0, 0.05) is 24.8 Å². The number of aromatic nitrogens is 4. The molecule has 1 aliphatic heterocycles. The van der Waals surface area contributed by atoms with E-state index in [2.05, 4.69) is 21.5 Å². The molecule has 9 heteroatoms. The van der Waals surface area contributed by atoms with Crippen LogP contribution in [0.5, 0.6) is 0 Å². The van der Waals surface area contributed by atoms with Gasteiger partial charge in [-0.3, -0.25) is 19.0 Å². The van der Waals surface area contributed by atoms with Crippen LogP contribution < -0.4 is 15.8 Å². The molecule has 3 heterocycles. The topological polar surface area (TPSA) is 102 Å². The molecule has 2 aromatic heterocycles. The summed E-state index contributed by atoms with van der Waals surface area (Å²) in [5.41, 5.74) is 5.62. The van der Waals surface area contributed by atoms with E-state index in [1.165, 1.54) is 17.1 Å². The van der Waals surface area contributed by atoms with Crippen molar-refractivity contribution in [1.82, 2.24) is 19.3 Å². The zero-order chi connectivity index (χ0) is 24.0. The minimum Gasteiger partial charge on any atom is -0.325 e. The first-order chi connectivity index (χ1) is 16.3. The predicted octanol–water partition coefficient (Wildman–Crippen LogP) is 2.75. The first-order valence-electron chi connectivity index (χ1n) is 11.0. The van der Waals surface area contributed by atoms with Crippen LogP contribution in [0.15, 0.2) is 53.7 Å². The molecule has 34 heavy (non-hydrogen) atoms. The standard InChI is InChI=1S/C25H24N6O3/c1-15-8-16(2)10-20(9-15)31-24-21(12-27-31)25(34)29(14-26-24)13-23(33)28-19-4-5-22-18(11-19)6-7-30(22)17(3)32/h4-5,8-12,14H,6-7,13H2,1-3H3,(H,28,33). The van der Waals surface area contributed by atoms with Gasteiger partial charge < -0.3 is 10.2 Å². The van der Waals surface area contributed by atoms with E-state index in [1.807, 2.05) is 38.1 Å². The maximum absolute atomic E-state index is 13.0. The number of benzene rings is 2. The number of nitrogens with zero attached hydrogens (tertiary/aromatic N) is 5. The molecular weight excluding hydrogens is 432 g/mol. The Labute approximate surface area is 195 Å². The number of nitrogens with one attached hydrogen (secondary N) is 1. The average Bonchev–Trinajstić information content (AvgIpc) is 3.39. The van der Waals surface area contributed by atoms with Gasteiger partial charge in [0.2, 0.25) is 11.8 Å². The van der Waals surface area contributed by atoms with Gasteiger partial charge in [0.1, 0.15) is 18.3 Å². The number of carbonyl (C=O) groups excluding carboxylic acids is 2. The molecule has 1 N–H and O–H groups in total. The van der Waals surface area contributed by atoms with E-state index >= 15 is 0 Å². The fourth-order valence-corrected chi connectivity index (χ4v) is 4.48. The minimum absolute atomic E-state index is 0.00124. The van der Waals surface area contributed by atoms with Gasteiger partial charge in [-0.05, 0) is 67.3 Å². The monoisotopic (exact) mass is 456 g/mol. The van der Waals surface area contributed by atoms with Crippen LogP contribution in [0.3, 0.4) is 0 Å². The lowest BCUT2D eigenvalue weighted by Gasteiger charge is -2.15. The second kappa shape index (κ2) is 8.26. The quantitative estimate of drug-likeness (QED) is 0.509. The van der Waals surface area contributed by atoms with Gasteiger partial charge in [-0.1, -0.05) is 6.07 Å². The molecule has 0 atom stereocenters. The zero-order valence-electron chi connectivity index (χ0n) is 19.2. The Morgan fingerprint density at radius 2 is 1.85 bits per heavy atom. The Morgan fingerprint density at radius 1 is 1.09 bits per heavy atom. The lowest BCUT2D eigenvalue weighted by molar-refractivity contribution is -0.117. The normalized spacial score (nSPS) is 12.7. The molecule has 9 nitrogen and oxygen atoms in total. The minimum atomic E-state index is -0.341. The Balaban J connectivity index is 1.36. The van der Waals surface area contributed by atoms with Gasteiger partial charge in [0.15, 0.2) is 5.65 Å². The second-order valence-electron chi connectivity index (χ2n) is 8.63. The highest BCUT2D eigenvalue weighted by atomic mass is 16.2. The van der Waals surface area contributed by atoms with Gasteiger partial charge in [-0.25, -0.2) is 9.67 Å². The number of carbonyl (C=O) groups is 2. The lowest BCUT2D eigenvalue weighted by Crippen LogP contribution is -2.28. The highest BCUT2D eigenvalue weighted by molar-refractivity contribution is 5.95. The molecule has 4 aromatic rings. The predicted molar refractivity (Wildman–Crippen MR) is 129 cm³/mol. The Kier molecular flexibility index (Phi) is 5.24. The van der Waals surface area contributed by atoms with E-state index in [4.69, 9.17) is 0 Å². The van der Waals surface area contributed by atoms with E-state index in [9.17, 15) is 14.4 Å². The lowest BCUT2D eigenvalue weighted by atomic mass is 10.1. The van der Waals surface area contributed by atoms with Gasteiger partial charge in [-0.15, -0.1) is 0 Å². The Hall–Kier alpha value is -4.27. The number of hydrogen-bond acceptors (Lipinski definition) is 5. The summed E-state index contributed by atoms with van der Waals surface area (Å²) in [4.78, 5) is 43.5. The van der Waals surface area contributed by atoms with Crippen molar-refractivity contribution in [1.29, 1.82) is 0 Å². The summed E-state index contributed by atoms with van der Waals surface area (Å²) in [6, 6.07) is 11.5. The molecule has 1 aliphatic rings. The molecule has 2 aromatic carbocycles. The summed E-state index contributed by atoms with van der Waals surface area (Å²) in [6.07, 6.45) is 3.60. The highest BCUT2D eigenvalue weighted by Crippen LogP contribution is 2.30. The summed E-state index contributed by atoms with van der Waals surface area (Å²) in [6.45, 7) is 6.01. The Morgan fingerprint density at radius 3 is 2.59 bits per heavy atom. The molecule has 0 bridgehead atoms. The molecule has 0 saturated heterocycles. The molecule has 0 aliphatic carbocycles. The van der Waals surface area contributed by atoms with Crippen LogP contribution >= 0.6 is 0 Å². The number of anilines is 2. The van der Waals surface area contributed by atoms with Crippen LogP contribution in [-0.2, 0) is 22.6 Å². The van der Waals surface area contributed by atoms with E-state index in [1.54, 1.807) is 22.6 Å². The van der Waals surface area contributed by atoms with E-state index in [-0.39, 0.29) is 23.9 Å². The van der Waals surface area contributed by atoms with Crippen LogP contribution in [0.4, 0.5) is 11.4 Å². The van der Waals surface area contributed by atoms with E-state index in [0.717, 1.165) is 34.5 Å². The first kappa shape index (κ1) is 21.6. The third-order valence-electron chi connectivity index (χ3n) is 5.96. The molecule has 172 valence electrons. The van der Waals surface area contributed by atoms with Crippen molar-refractivity contribution in [2.45, 2.75) is 33.7 Å². The third-order valence-corrected chi connectivity index (χ3v) is 5.96. The summed E-state index contributed by atoms with van der Waals surface area (Å²) in [5, 5.41) is 7.54. The zero-order valence-corrected chi connectivity index (χ0v) is 19.2. The van der Waals surface area contributed by atoms with Crippen LogP contribution in [0.2, 0.25) is 0 Å². The molecule has 0 spiro atoms. The second-order valence-corrected chi connectivity index (χ2v) is 8.63. The molecule has 0 unspecified atom stereocenters. The van der Waals surface area contributed by atoms with Crippen molar-refractivity contribution < 1.29 is 9.59 Å². The molecule has 0 radical (unpaired) electrons. The van der Waals surface area contributed by atoms with Crippen LogP contribution in [0.25, 0.3) is 16.7 Å². The molecule has 0 fully saturated rings. The maximum Gasteiger partial charge on any atom is 0.264 e. The summed E-state index contributed by atoms with van der Waals surface area (Å²) < 4.78 is 2.91. The van der Waals surface area contributed by atoms with Crippen molar-refractivity contribution in [2.75, 3.05) is 16.8 Å². The van der Waals surface area contributed by atoms with Gasteiger partial charge in [-0.2, -0.15) is 5.10 Å². The summed E-state index contributed by atoms with van der Waals surface area (Å²) >= 11 is 0. The molecule has 0 saturated carbocycles. The van der Waals surface area contributed by atoms with Gasteiger partial charge >= 0.3 is 0 Å². The maximum atomic E-state index is 13.0. The number of amides is 2. The largest absolute Gasteiger partial charge is 0.325 e. The fraction of sp³-hybridized carbons (Fsp3) is 0.240. The third kappa shape index (κ3) is 3.85. The van der Waals surface area contributed by atoms with E-state index < -0.39 is 0 Å². The van der Waals surface area contributed by atoms with Crippen LogP contribution in [-0.4, -0.2) is 37.7 Å². The van der Waals surface area contributed by atoms with Crippen LogP contribution in [0.1, 0.15) is 23.6 Å². The number of rotatable bonds is 4. The van der Waals surface area contributed by atoms with Gasteiger partial charge in [0.05, 0.1) is 11.9 Å². The highest BCUT2D eigenvalue weighted by Gasteiger charge is 2.22. The van der Waals surface area contributed by atoms with E-state index in [0.29, 0.717) is 23.3 Å². The molecule has 2 amide bonds. The van der Waals surface area contributed by atoms with Gasteiger partial charge in [0.25, 0.3) is 5.56 Å². The number of aryl methyl sites for hydroxylation is 2. The van der Waals surface area contributed by atoms with Crippen molar-refractivity contribution in [3.8, 4) is 5.69 Å². The molecular formula is C25H24N6O3. The average molecular weight is 457 g/mol. The fourth-order valence-electron chi connectivity index (χ4n) is 4.48. The van der Waals surface area contributed by atoms with Crippen molar-refractivity contribution in [3.63, 3.8) is 0 Å². The summed E-state index contributed by atoms with van der Waals surface area (Å²) in [7, 11) is 0. The van der Waals surface area contributed by atoms with Crippen molar-refractivity contribution in [3.05, 3.63) is 76.0 Å². The Bertz CT molecular complexity index is 1500. The first-order valence-corrected chi connectivity index (χ1v) is 11.0.